The van der Waals surface area contributed by atoms with Gasteiger partial charge in [0, 0.05) is 5.56 Å². The summed E-state index contributed by atoms with van der Waals surface area (Å²) in [5.41, 5.74) is 5.19. The molecule has 0 saturated heterocycles. The normalized spacial score (nSPS) is 10.1. The van der Waals surface area contributed by atoms with Gasteiger partial charge in [0.05, 0.1) is 16.6 Å². The van der Waals surface area contributed by atoms with Crippen molar-refractivity contribution in [3.8, 4) is 11.3 Å². The number of hydrogen-bond acceptors (Lipinski definition) is 2. The highest BCUT2D eigenvalue weighted by atomic mass is 32.1. The Bertz CT molecular complexity index is 365. The first-order chi connectivity index (χ1) is 5.88. The van der Waals surface area contributed by atoms with E-state index >= 15 is 0 Å². The molecule has 2 aromatic rings. The smallest absolute Gasteiger partial charge is 0.0902 e. The largest absolute Gasteiger partial charge is 0.244 e. The zero-order valence-corrected chi connectivity index (χ0v) is 7.56. The molecule has 59 valence electrons. The van der Waals surface area contributed by atoms with Gasteiger partial charge in [0.25, 0.3) is 0 Å². The van der Waals surface area contributed by atoms with Crippen LogP contribution in [0, 0.1) is 12.3 Å². The van der Waals surface area contributed by atoms with E-state index in [1.807, 2.05) is 17.6 Å². The number of thiazole rings is 1. The third-order valence-corrected chi connectivity index (χ3v) is 2.31. The summed E-state index contributed by atoms with van der Waals surface area (Å²) in [6, 6.07) is 8.21. The van der Waals surface area contributed by atoms with Crippen LogP contribution in [-0.2, 0) is 0 Å². The third-order valence-electron chi connectivity index (χ3n) is 1.79. The van der Waals surface area contributed by atoms with Crippen molar-refractivity contribution in [3.63, 3.8) is 0 Å². The molecule has 0 spiro atoms. The molecule has 1 heterocycles. The van der Waals surface area contributed by atoms with Crippen molar-refractivity contribution >= 4 is 11.3 Å². The van der Waals surface area contributed by atoms with Crippen LogP contribution in [0.15, 0.2) is 29.8 Å². The SMILES string of the molecule is Cc1ccccc1-c1[c]scn1. The molecule has 2 rings (SSSR count). The van der Waals surface area contributed by atoms with Crippen molar-refractivity contribution in [2.24, 2.45) is 0 Å². The second-order valence-electron chi connectivity index (χ2n) is 2.62. The Morgan fingerprint density at radius 2 is 2.17 bits per heavy atom. The monoisotopic (exact) mass is 174 g/mol. The highest BCUT2D eigenvalue weighted by Crippen LogP contribution is 2.21. The fraction of sp³-hybridized carbons (Fsp3) is 0.100. The lowest BCUT2D eigenvalue weighted by Gasteiger charge is -1.99. The van der Waals surface area contributed by atoms with Gasteiger partial charge in [-0.25, -0.2) is 4.98 Å². The summed E-state index contributed by atoms with van der Waals surface area (Å²) in [5, 5.41) is 3.12. The summed E-state index contributed by atoms with van der Waals surface area (Å²) in [5.74, 6) is 0. The highest BCUT2D eigenvalue weighted by molar-refractivity contribution is 7.07. The molecule has 0 aliphatic rings. The van der Waals surface area contributed by atoms with Crippen LogP contribution in [0.2, 0.25) is 0 Å². The van der Waals surface area contributed by atoms with Gasteiger partial charge in [0.1, 0.15) is 0 Å². The van der Waals surface area contributed by atoms with E-state index in [0.717, 1.165) is 5.69 Å². The molecule has 1 nitrogen and oxygen atoms in total. The van der Waals surface area contributed by atoms with Crippen molar-refractivity contribution in [2.45, 2.75) is 6.92 Å². The Labute approximate surface area is 75.7 Å². The van der Waals surface area contributed by atoms with Crippen LogP contribution in [0.5, 0.6) is 0 Å². The quantitative estimate of drug-likeness (QED) is 0.647. The molecule has 0 aliphatic heterocycles. The average Bonchev–Trinajstić information content (AvgIpc) is 2.57. The molecule has 0 saturated carbocycles. The van der Waals surface area contributed by atoms with Crippen LogP contribution >= 0.6 is 11.3 Å². The van der Waals surface area contributed by atoms with Gasteiger partial charge in [-0.1, -0.05) is 24.3 Å². The first kappa shape index (κ1) is 7.50. The van der Waals surface area contributed by atoms with Gasteiger partial charge >= 0.3 is 0 Å². The van der Waals surface area contributed by atoms with Crippen molar-refractivity contribution in [2.75, 3.05) is 0 Å². The fourth-order valence-corrected chi connectivity index (χ4v) is 1.64. The van der Waals surface area contributed by atoms with Crippen LogP contribution in [0.1, 0.15) is 5.56 Å². The molecule has 1 aromatic heterocycles. The zero-order chi connectivity index (χ0) is 8.39. The summed E-state index contributed by atoms with van der Waals surface area (Å²) >= 11 is 1.51. The minimum atomic E-state index is 0.957. The summed E-state index contributed by atoms with van der Waals surface area (Å²) in [4.78, 5) is 4.21. The molecular weight excluding hydrogens is 166 g/mol. The lowest BCUT2D eigenvalue weighted by Crippen LogP contribution is -1.81. The van der Waals surface area contributed by atoms with E-state index in [4.69, 9.17) is 0 Å². The Morgan fingerprint density at radius 1 is 1.33 bits per heavy atom. The molecule has 0 unspecified atom stereocenters. The number of aromatic nitrogens is 1. The minimum Gasteiger partial charge on any atom is -0.244 e. The first-order valence-corrected chi connectivity index (χ1v) is 4.63. The van der Waals surface area contributed by atoms with Crippen LogP contribution in [0.4, 0.5) is 0 Å². The van der Waals surface area contributed by atoms with Crippen molar-refractivity contribution in [3.05, 3.63) is 40.7 Å². The van der Waals surface area contributed by atoms with Gasteiger partial charge in [-0.05, 0) is 12.5 Å². The Morgan fingerprint density at radius 3 is 2.83 bits per heavy atom. The van der Waals surface area contributed by atoms with E-state index in [0.29, 0.717) is 0 Å². The van der Waals surface area contributed by atoms with E-state index in [1.165, 1.54) is 22.5 Å². The standard InChI is InChI=1S/C10H8NS/c1-8-4-2-3-5-9(8)10-6-12-7-11-10/h2-5,7H,1H3. The van der Waals surface area contributed by atoms with E-state index in [-0.39, 0.29) is 0 Å². The van der Waals surface area contributed by atoms with E-state index < -0.39 is 0 Å². The number of aryl methyl sites for hydroxylation is 1. The van der Waals surface area contributed by atoms with Crippen LogP contribution in [0.3, 0.4) is 0 Å². The van der Waals surface area contributed by atoms with Gasteiger partial charge in [-0.15, -0.1) is 11.3 Å². The van der Waals surface area contributed by atoms with E-state index in [1.54, 1.807) is 0 Å². The molecule has 1 radical (unpaired) electrons. The lowest BCUT2D eigenvalue weighted by atomic mass is 10.1. The molecular formula is C10H8NS. The van der Waals surface area contributed by atoms with Gasteiger partial charge in [0.15, 0.2) is 0 Å². The molecule has 0 atom stereocenters. The van der Waals surface area contributed by atoms with Gasteiger partial charge in [-0.3, -0.25) is 0 Å². The van der Waals surface area contributed by atoms with Gasteiger partial charge in [0.2, 0.25) is 0 Å². The molecule has 0 amide bonds. The fourth-order valence-electron chi connectivity index (χ4n) is 1.15. The number of nitrogens with zero attached hydrogens (tertiary/aromatic N) is 1. The average molecular weight is 174 g/mol. The molecule has 2 heteroatoms. The number of rotatable bonds is 1. The number of hydrogen-bond donors (Lipinski definition) is 0. The molecule has 0 N–H and O–H groups in total. The predicted octanol–water partition coefficient (Wildman–Crippen LogP) is 2.92. The third kappa shape index (κ3) is 1.25. The molecule has 0 fully saturated rings. The van der Waals surface area contributed by atoms with Crippen LogP contribution in [0.25, 0.3) is 11.3 Å². The maximum absolute atomic E-state index is 4.21. The Kier molecular flexibility index (Phi) is 1.92. The maximum atomic E-state index is 4.21. The topological polar surface area (TPSA) is 12.9 Å². The first-order valence-electron chi connectivity index (χ1n) is 3.75. The Hall–Kier alpha value is -1.15. The predicted molar refractivity (Wildman–Crippen MR) is 51.1 cm³/mol. The maximum Gasteiger partial charge on any atom is 0.0902 e. The summed E-state index contributed by atoms with van der Waals surface area (Å²) < 4.78 is 0. The second kappa shape index (κ2) is 3.07. The summed E-state index contributed by atoms with van der Waals surface area (Å²) in [6.45, 7) is 2.09. The minimum absolute atomic E-state index is 0.957. The van der Waals surface area contributed by atoms with E-state index in [2.05, 4.69) is 29.4 Å². The van der Waals surface area contributed by atoms with Gasteiger partial charge < -0.3 is 0 Å². The molecule has 1 aromatic carbocycles. The van der Waals surface area contributed by atoms with Gasteiger partial charge in [-0.2, -0.15) is 0 Å². The number of benzene rings is 1. The molecule has 0 aliphatic carbocycles. The Balaban J connectivity index is 2.55. The molecule has 12 heavy (non-hydrogen) atoms. The zero-order valence-electron chi connectivity index (χ0n) is 6.74. The van der Waals surface area contributed by atoms with Crippen molar-refractivity contribution in [1.29, 1.82) is 0 Å². The van der Waals surface area contributed by atoms with E-state index in [9.17, 15) is 0 Å². The van der Waals surface area contributed by atoms with Crippen molar-refractivity contribution < 1.29 is 0 Å². The molecule has 0 bridgehead atoms. The second-order valence-corrected chi connectivity index (χ2v) is 3.27. The van der Waals surface area contributed by atoms with Crippen LogP contribution in [-0.4, -0.2) is 4.98 Å². The van der Waals surface area contributed by atoms with Crippen molar-refractivity contribution in [1.82, 2.24) is 4.98 Å². The summed E-state index contributed by atoms with van der Waals surface area (Å²) in [7, 11) is 0. The lowest BCUT2D eigenvalue weighted by molar-refractivity contribution is 1.37. The van der Waals surface area contributed by atoms with Crippen LogP contribution < -0.4 is 0 Å². The summed E-state index contributed by atoms with van der Waals surface area (Å²) in [6.07, 6.45) is 0. The highest BCUT2D eigenvalue weighted by Gasteiger charge is 2.01.